The molecular formula is C18H29FN2. The number of benzene rings is 1. The zero-order valence-electron chi connectivity index (χ0n) is 13.6. The van der Waals surface area contributed by atoms with Crippen LogP contribution in [0.3, 0.4) is 0 Å². The summed E-state index contributed by atoms with van der Waals surface area (Å²) in [6.45, 7) is 9.54. The van der Waals surface area contributed by atoms with E-state index >= 15 is 0 Å². The molecule has 2 nitrogen and oxygen atoms in total. The lowest BCUT2D eigenvalue weighted by molar-refractivity contribution is 0.106. The normalized spacial score (nSPS) is 23.7. The molecule has 118 valence electrons. The minimum Gasteiger partial charge on any atom is -0.311 e. The maximum atomic E-state index is 13.9. The molecule has 0 amide bonds. The van der Waals surface area contributed by atoms with Crippen LogP contribution in [0.2, 0.25) is 0 Å². The van der Waals surface area contributed by atoms with Crippen molar-refractivity contribution in [2.45, 2.75) is 58.7 Å². The first kappa shape index (κ1) is 16.4. The molecule has 2 atom stereocenters. The second-order valence-corrected chi connectivity index (χ2v) is 6.70. The fourth-order valence-electron chi connectivity index (χ4n) is 3.31. The maximum absolute atomic E-state index is 13.9. The van der Waals surface area contributed by atoms with Gasteiger partial charge in [0.25, 0.3) is 0 Å². The van der Waals surface area contributed by atoms with Gasteiger partial charge in [0.05, 0.1) is 0 Å². The third-order valence-electron chi connectivity index (χ3n) is 4.32. The predicted molar refractivity (Wildman–Crippen MR) is 86.8 cm³/mol. The van der Waals surface area contributed by atoms with Crippen molar-refractivity contribution in [1.29, 1.82) is 0 Å². The molecule has 0 spiro atoms. The van der Waals surface area contributed by atoms with Gasteiger partial charge >= 0.3 is 0 Å². The van der Waals surface area contributed by atoms with Crippen molar-refractivity contribution in [1.82, 2.24) is 10.2 Å². The quantitative estimate of drug-likeness (QED) is 0.857. The average molecular weight is 292 g/mol. The molecule has 1 saturated heterocycles. The zero-order chi connectivity index (χ0) is 15.2. The Labute approximate surface area is 128 Å². The molecule has 1 fully saturated rings. The zero-order valence-corrected chi connectivity index (χ0v) is 13.6. The third kappa shape index (κ3) is 4.79. The molecule has 1 aliphatic heterocycles. The van der Waals surface area contributed by atoms with E-state index in [1.807, 2.05) is 12.1 Å². The van der Waals surface area contributed by atoms with E-state index in [4.69, 9.17) is 0 Å². The summed E-state index contributed by atoms with van der Waals surface area (Å²) in [4.78, 5) is 2.48. The van der Waals surface area contributed by atoms with Gasteiger partial charge in [-0.2, -0.15) is 0 Å². The van der Waals surface area contributed by atoms with Crippen LogP contribution in [0.4, 0.5) is 4.39 Å². The molecule has 1 aromatic carbocycles. The maximum Gasteiger partial charge on any atom is 0.127 e. The van der Waals surface area contributed by atoms with E-state index in [1.54, 1.807) is 12.1 Å². The Bertz CT molecular complexity index is 433. The smallest absolute Gasteiger partial charge is 0.127 e. The number of halogens is 1. The molecule has 0 saturated carbocycles. The average Bonchev–Trinajstić information content (AvgIpc) is 2.44. The van der Waals surface area contributed by atoms with Crippen LogP contribution in [-0.4, -0.2) is 30.1 Å². The molecule has 0 bridgehead atoms. The Kier molecular flexibility index (Phi) is 6.19. The third-order valence-corrected chi connectivity index (χ3v) is 4.32. The summed E-state index contributed by atoms with van der Waals surface area (Å²) < 4.78 is 13.9. The van der Waals surface area contributed by atoms with E-state index in [9.17, 15) is 4.39 Å². The first-order valence-electron chi connectivity index (χ1n) is 8.31. The molecule has 1 N–H and O–H groups in total. The second-order valence-electron chi connectivity index (χ2n) is 6.70. The highest BCUT2D eigenvalue weighted by atomic mass is 19.1. The van der Waals surface area contributed by atoms with Gasteiger partial charge in [0.2, 0.25) is 0 Å². The van der Waals surface area contributed by atoms with Crippen LogP contribution in [0, 0.1) is 11.7 Å². The molecular weight excluding hydrogens is 263 g/mol. The minimum atomic E-state index is -0.0771. The lowest BCUT2D eigenvalue weighted by Crippen LogP contribution is -2.56. The highest BCUT2D eigenvalue weighted by Crippen LogP contribution is 2.20. The van der Waals surface area contributed by atoms with Crippen molar-refractivity contribution in [3.05, 3.63) is 35.6 Å². The van der Waals surface area contributed by atoms with Crippen LogP contribution >= 0.6 is 0 Å². The van der Waals surface area contributed by atoms with E-state index in [0.29, 0.717) is 18.0 Å². The topological polar surface area (TPSA) is 15.3 Å². The highest BCUT2D eigenvalue weighted by molar-refractivity contribution is 5.17. The first-order valence-corrected chi connectivity index (χ1v) is 8.31. The first-order chi connectivity index (χ1) is 10.1. The Balaban J connectivity index is 2.05. The van der Waals surface area contributed by atoms with E-state index in [0.717, 1.165) is 25.2 Å². The minimum absolute atomic E-state index is 0.0771. The van der Waals surface area contributed by atoms with Crippen molar-refractivity contribution in [3.8, 4) is 0 Å². The lowest BCUT2D eigenvalue weighted by atomic mass is 9.97. The fourth-order valence-corrected chi connectivity index (χ4v) is 3.31. The fraction of sp³-hybridized carbons (Fsp3) is 0.667. The van der Waals surface area contributed by atoms with Gasteiger partial charge in [-0.25, -0.2) is 4.39 Å². The van der Waals surface area contributed by atoms with Crippen LogP contribution in [0.15, 0.2) is 24.3 Å². The Morgan fingerprint density at radius 1 is 1.33 bits per heavy atom. The van der Waals surface area contributed by atoms with Crippen LogP contribution in [0.1, 0.15) is 45.6 Å². The van der Waals surface area contributed by atoms with Gasteiger partial charge in [0.1, 0.15) is 5.82 Å². The van der Waals surface area contributed by atoms with E-state index in [-0.39, 0.29) is 5.82 Å². The van der Waals surface area contributed by atoms with Gasteiger partial charge < -0.3 is 5.32 Å². The standard InChI is InChI=1S/C18H29FN2/c1-4-7-17-11-20-16(10-14(2)3)13-21(17)12-15-8-5-6-9-18(15)19/h5-6,8-9,14,16-17,20H,4,7,10-13H2,1-3H3. The summed E-state index contributed by atoms with van der Waals surface area (Å²) in [5, 5.41) is 3.68. The monoisotopic (exact) mass is 292 g/mol. The van der Waals surface area contributed by atoms with Gasteiger partial charge in [-0.3, -0.25) is 4.90 Å². The predicted octanol–water partition coefficient (Wildman–Crippen LogP) is 3.81. The summed E-state index contributed by atoms with van der Waals surface area (Å²) in [5.74, 6) is 0.618. The van der Waals surface area contributed by atoms with Gasteiger partial charge in [-0.15, -0.1) is 0 Å². The van der Waals surface area contributed by atoms with Gasteiger partial charge in [-0.1, -0.05) is 45.4 Å². The number of piperazine rings is 1. The largest absolute Gasteiger partial charge is 0.311 e. The molecule has 2 rings (SSSR count). The summed E-state index contributed by atoms with van der Waals surface area (Å²) in [5.41, 5.74) is 0.823. The molecule has 2 unspecified atom stereocenters. The number of hydrogen-bond donors (Lipinski definition) is 1. The van der Waals surface area contributed by atoms with E-state index in [2.05, 4.69) is 31.0 Å². The van der Waals surface area contributed by atoms with E-state index < -0.39 is 0 Å². The molecule has 0 radical (unpaired) electrons. The van der Waals surface area contributed by atoms with Gasteiger partial charge in [0, 0.05) is 37.3 Å². The Hall–Kier alpha value is -0.930. The summed E-state index contributed by atoms with van der Waals surface area (Å²) >= 11 is 0. The molecule has 0 aromatic heterocycles. The van der Waals surface area contributed by atoms with Crippen molar-refractivity contribution in [3.63, 3.8) is 0 Å². The molecule has 0 aliphatic carbocycles. The van der Waals surface area contributed by atoms with Gasteiger partial charge in [-0.05, 0) is 24.8 Å². The van der Waals surface area contributed by atoms with Crippen molar-refractivity contribution >= 4 is 0 Å². The molecule has 3 heteroatoms. The summed E-state index contributed by atoms with van der Waals surface area (Å²) in [6.07, 6.45) is 3.54. The Morgan fingerprint density at radius 3 is 2.76 bits per heavy atom. The highest BCUT2D eigenvalue weighted by Gasteiger charge is 2.28. The second kappa shape index (κ2) is 7.90. The van der Waals surface area contributed by atoms with Crippen LogP contribution < -0.4 is 5.32 Å². The molecule has 1 aliphatic rings. The van der Waals surface area contributed by atoms with E-state index in [1.165, 1.54) is 19.3 Å². The van der Waals surface area contributed by atoms with Crippen molar-refractivity contribution in [2.24, 2.45) is 5.92 Å². The van der Waals surface area contributed by atoms with Crippen LogP contribution in [0.25, 0.3) is 0 Å². The SMILES string of the molecule is CCCC1CNC(CC(C)C)CN1Cc1ccccc1F. The summed E-state index contributed by atoms with van der Waals surface area (Å²) in [7, 11) is 0. The number of nitrogens with zero attached hydrogens (tertiary/aromatic N) is 1. The number of rotatable bonds is 6. The lowest BCUT2D eigenvalue weighted by Gasteiger charge is -2.41. The number of hydrogen-bond acceptors (Lipinski definition) is 2. The Morgan fingerprint density at radius 2 is 2.10 bits per heavy atom. The molecule has 21 heavy (non-hydrogen) atoms. The van der Waals surface area contributed by atoms with Crippen LogP contribution in [0.5, 0.6) is 0 Å². The molecule has 1 aromatic rings. The van der Waals surface area contributed by atoms with Crippen LogP contribution in [-0.2, 0) is 6.54 Å². The van der Waals surface area contributed by atoms with Gasteiger partial charge in [0.15, 0.2) is 0 Å². The summed E-state index contributed by atoms with van der Waals surface area (Å²) in [6, 6.07) is 8.24. The van der Waals surface area contributed by atoms with Crippen molar-refractivity contribution in [2.75, 3.05) is 13.1 Å². The number of nitrogens with one attached hydrogen (secondary N) is 1. The molecule has 1 heterocycles. The van der Waals surface area contributed by atoms with Crippen molar-refractivity contribution < 1.29 is 4.39 Å².